The summed E-state index contributed by atoms with van der Waals surface area (Å²) in [6, 6.07) is 80.3. The van der Waals surface area contributed by atoms with E-state index in [-0.39, 0.29) is 0 Å². The third kappa shape index (κ3) is 6.64. The van der Waals surface area contributed by atoms with E-state index in [1.165, 1.54) is 120 Å². The van der Waals surface area contributed by atoms with Gasteiger partial charge in [-0.25, -0.2) is 0 Å². The van der Waals surface area contributed by atoms with Crippen molar-refractivity contribution in [2.75, 3.05) is 0 Å². The Balaban J connectivity index is 0.851. The molecule has 2 heterocycles. The molecule has 13 rings (SSSR count). The van der Waals surface area contributed by atoms with E-state index in [4.69, 9.17) is 0 Å². The third-order valence-corrected chi connectivity index (χ3v) is 14.2. The van der Waals surface area contributed by atoms with Crippen LogP contribution in [-0.2, 0) is 0 Å². The minimum absolute atomic E-state index is 0.983. The van der Waals surface area contributed by atoms with Crippen LogP contribution in [0.5, 0.6) is 0 Å². The average molecular weight is 865 g/mol. The summed E-state index contributed by atoms with van der Waals surface area (Å²) in [5.41, 5.74) is 16.4. The number of aromatic nitrogens is 2. The van der Waals surface area contributed by atoms with Crippen LogP contribution in [-0.4, -0.2) is 9.97 Å². The van der Waals surface area contributed by atoms with E-state index in [2.05, 4.69) is 230 Å². The minimum atomic E-state index is 0.983. The number of nitrogens with zero attached hydrogens (tertiary/aromatic N) is 2. The highest BCUT2D eigenvalue weighted by Gasteiger charge is 2.16. The summed E-state index contributed by atoms with van der Waals surface area (Å²) in [5.74, 6) is 0. The fourth-order valence-electron chi connectivity index (χ4n) is 10.7. The van der Waals surface area contributed by atoms with Crippen molar-refractivity contribution in [1.82, 2.24) is 9.97 Å². The van der Waals surface area contributed by atoms with E-state index in [9.17, 15) is 0 Å². The molecule has 0 atom stereocenters. The van der Waals surface area contributed by atoms with Crippen LogP contribution in [0.25, 0.3) is 132 Å². The molecule has 0 N–H and O–H groups in total. The number of fused-ring (bicyclic) bond motifs is 12. The van der Waals surface area contributed by atoms with E-state index in [1.54, 1.807) is 0 Å². The van der Waals surface area contributed by atoms with E-state index in [1.807, 2.05) is 24.5 Å². The van der Waals surface area contributed by atoms with Crippen molar-refractivity contribution in [3.8, 4) is 67.0 Å². The molecule has 2 heteroatoms. The molecule has 318 valence electrons. The second-order valence-corrected chi connectivity index (χ2v) is 18.2. The molecule has 0 aliphatic heterocycles. The first kappa shape index (κ1) is 39.6. The molecule has 0 amide bonds. The Hall–Kier alpha value is -8.72. The van der Waals surface area contributed by atoms with Crippen molar-refractivity contribution >= 4 is 64.6 Å². The molecule has 0 radical (unpaired) electrons. The smallest absolute Gasteiger partial charge is 0.0702 e. The number of benzene rings is 11. The molecule has 2 aromatic heterocycles. The van der Waals surface area contributed by atoms with Crippen molar-refractivity contribution < 1.29 is 0 Å². The van der Waals surface area contributed by atoms with Gasteiger partial charge in [0.2, 0.25) is 0 Å². The molecule has 11 aromatic carbocycles. The molecule has 0 aliphatic rings. The van der Waals surface area contributed by atoms with Crippen molar-refractivity contribution in [1.29, 1.82) is 0 Å². The predicted octanol–water partition coefficient (Wildman–Crippen LogP) is 18.0. The lowest BCUT2D eigenvalue weighted by Gasteiger charge is -2.15. The van der Waals surface area contributed by atoms with E-state index in [0.717, 1.165) is 22.5 Å². The fraction of sp³-hybridized carbons (Fsp3) is 0.0303. The van der Waals surface area contributed by atoms with Gasteiger partial charge in [0.05, 0.1) is 11.4 Å². The van der Waals surface area contributed by atoms with Gasteiger partial charge >= 0.3 is 0 Å². The van der Waals surface area contributed by atoms with Crippen molar-refractivity contribution in [2.24, 2.45) is 0 Å². The highest BCUT2D eigenvalue weighted by atomic mass is 14.7. The lowest BCUT2D eigenvalue weighted by molar-refractivity contribution is 1.33. The van der Waals surface area contributed by atoms with Crippen LogP contribution in [0.4, 0.5) is 0 Å². The molecular weight excluding hydrogens is 821 g/mol. The largest absolute Gasteiger partial charge is 0.256 e. The maximum atomic E-state index is 4.66. The normalized spacial score (nSPS) is 11.7. The van der Waals surface area contributed by atoms with Gasteiger partial charge < -0.3 is 0 Å². The summed E-state index contributed by atoms with van der Waals surface area (Å²) >= 11 is 0. The molecule has 13 aromatic rings. The zero-order chi connectivity index (χ0) is 45.3. The lowest BCUT2D eigenvalue weighted by atomic mass is 9.89. The van der Waals surface area contributed by atoms with E-state index >= 15 is 0 Å². The van der Waals surface area contributed by atoms with Crippen molar-refractivity contribution in [3.63, 3.8) is 0 Å². The molecular formula is C66H44N2. The van der Waals surface area contributed by atoms with Crippen LogP contribution in [0.15, 0.2) is 231 Å². The van der Waals surface area contributed by atoms with E-state index < -0.39 is 0 Å². The number of pyridine rings is 2. The number of rotatable bonds is 6. The lowest BCUT2D eigenvalue weighted by Crippen LogP contribution is -1.90. The second-order valence-electron chi connectivity index (χ2n) is 18.2. The summed E-state index contributed by atoms with van der Waals surface area (Å²) in [6.45, 7) is 4.43. The van der Waals surface area contributed by atoms with Gasteiger partial charge in [-0.3, -0.25) is 9.97 Å². The fourth-order valence-corrected chi connectivity index (χ4v) is 10.7. The first-order valence-corrected chi connectivity index (χ1v) is 23.4. The van der Waals surface area contributed by atoms with Gasteiger partial charge in [0.25, 0.3) is 0 Å². The second kappa shape index (κ2) is 16.0. The maximum absolute atomic E-state index is 4.66. The first-order valence-electron chi connectivity index (χ1n) is 23.4. The quantitative estimate of drug-likeness (QED) is 0.156. The van der Waals surface area contributed by atoms with Crippen molar-refractivity contribution in [3.05, 3.63) is 242 Å². The van der Waals surface area contributed by atoms with Crippen LogP contribution in [0.3, 0.4) is 0 Å². The number of aryl methyl sites for hydroxylation is 2. The zero-order valence-corrected chi connectivity index (χ0v) is 37.8. The van der Waals surface area contributed by atoms with Crippen molar-refractivity contribution in [2.45, 2.75) is 13.8 Å². The van der Waals surface area contributed by atoms with Gasteiger partial charge in [-0.15, -0.1) is 0 Å². The summed E-state index contributed by atoms with van der Waals surface area (Å²) in [5, 5.41) is 15.1. The Morgan fingerprint density at radius 3 is 0.882 bits per heavy atom. The summed E-state index contributed by atoms with van der Waals surface area (Å²) < 4.78 is 0. The first-order chi connectivity index (χ1) is 33.5. The maximum Gasteiger partial charge on any atom is 0.0702 e. The molecule has 0 saturated heterocycles. The summed E-state index contributed by atoms with van der Waals surface area (Å²) in [6.07, 6.45) is 3.73. The molecule has 0 fully saturated rings. The molecule has 0 aliphatic carbocycles. The SMILES string of the molecule is Cc1ccc(-c2ccc3c4ccccc4c4cc(-c5ccccn5)ccc4c3c2)cc1-c1ccc(-c2cc(-c3ccc4c5ccccc5c5cc(-c6ccccn6)ccc5c4c3)ccc2C)cc1. The van der Waals surface area contributed by atoms with Gasteiger partial charge in [0.1, 0.15) is 0 Å². The Kier molecular flexibility index (Phi) is 9.33. The summed E-state index contributed by atoms with van der Waals surface area (Å²) in [7, 11) is 0. The molecule has 0 bridgehead atoms. The minimum Gasteiger partial charge on any atom is -0.256 e. The summed E-state index contributed by atoms with van der Waals surface area (Å²) in [4.78, 5) is 9.32. The van der Waals surface area contributed by atoms with Gasteiger partial charge in [-0.05, 0) is 195 Å². The van der Waals surface area contributed by atoms with Gasteiger partial charge in [-0.1, -0.05) is 158 Å². The topological polar surface area (TPSA) is 25.8 Å². The molecule has 0 unspecified atom stereocenters. The highest BCUT2D eigenvalue weighted by Crippen LogP contribution is 2.42. The Morgan fingerprint density at radius 1 is 0.221 bits per heavy atom. The third-order valence-electron chi connectivity index (χ3n) is 14.2. The molecule has 2 nitrogen and oxygen atoms in total. The molecule has 68 heavy (non-hydrogen) atoms. The Bertz CT molecular complexity index is 3860. The predicted molar refractivity (Wildman–Crippen MR) is 289 cm³/mol. The van der Waals surface area contributed by atoms with Gasteiger partial charge in [0.15, 0.2) is 0 Å². The Labute approximate surface area is 395 Å². The highest BCUT2D eigenvalue weighted by molar-refractivity contribution is 6.27. The van der Waals surface area contributed by atoms with Crippen LogP contribution in [0.1, 0.15) is 11.1 Å². The number of hydrogen-bond acceptors (Lipinski definition) is 2. The van der Waals surface area contributed by atoms with Crippen LogP contribution in [0.2, 0.25) is 0 Å². The van der Waals surface area contributed by atoms with Gasteiger partial charge in [-0.2, -0.15) is 0 Å². The van der Waals surface area contributed by atoms with Crippen LogP contribution in [0, 0.1) is 13.8 Å². The average Bonchev–Trinajstić information content (AvgIpc) is 3.41. The van der Waals surface area contributed by atoms with Gasteiger partial charge in [0, 0.05) is 23.5 Å². The Morgan fingerprint density at radius 2 is 0.500 bits per heavy atom. The zero-order valence-electron chi connectivity index (χ0n) is 37.8. The standard InChI is InChI=1S/C66H44N2/c1-41-17-19-45(47-25-29-55-51-11-3-5-13-53(51)63-39-49(65-15-7-9-33-67-65)27-31-57(63)61(55)37-47)35-59(41)43-21-23-44(24-22-43)60-36-46(20-18-42(60)2)48-26-30-56-52-12-4-6-14-54(52)64-40-50(66-16-8-10-34-68-66)28-32-58(64)62(56)38-48/h3-40H,1-2H3. The van der Waals surface area contributed by atoms with E-state index in [0.29, 0.717) is 0 Å². The molecule has 0 spiro atoms. The molecule has 0 saturated carbocycles. The van der Waals surface area contributed by atoms with Crippen LogP contribution >= 0.6 is 0 Å². The monoisotopic (exact) mass is 864 g/mol. The number of hydrogen-bond donors (Lipinski definition) is 0. The van der Waals surface area contributed by atoms with Crippen LogP contribution < -0.4 is 0 Å².